The smallest absolute Gasteiger partial charge is 0.272 e. The molecule has 3 rings (SSSR count). The Morgan fingerprint density at radius 2 is 2.24 bits per heavy atom. The number of halogens is 1. The molecule has 108 valence electrons. The molecule has 4 nitrogen and oxygen atoms in total. The highest BCUT2D eigenvalue weighted by atomic mass is 79.9. The highest BCUT2D eigenvalue weighted by Gasteiger charge is 2.22. The fourth-order valence-electron chi connectivity index (χ4n) is 2.69. The van der Waals surface area contributed by atoms with Gasteiger partial charge in [-0.25, -0.2) is 0 Å². The van der Waals surface area contributed by atoms with Gasteiger partial charge in [0.05, 0.1) is 5.56 Å². The van der Waals surface area contributed by atoms with Gasteiger partial charge in [0, 0.05) is 22.6 Å². The number of aromatic nitrogens is 1. The molecule has 0 saturated carbocycles. The summed E-state index contributed by atoms with van der Waals surface area (Å²) in [4.78, 5) is 13.6. The van der Waals surface area contributed by atoms with E-state index in [1.807, 2.05) is 13.2 Å². The van der Waals surface area contributed by atoms with Crippen molar-refractivity contribution in [3.8, 4) is 6.07 Å². The maximum atomic E-state index is 12.4. The van der Waals surface area contributed by atoms with E-state index in [0.29, 0.717) is 16.3 Å². The van der Waals surface area contributed by atoms with Crippen LogP contribution < -0.4 is 5.32 Å². The molecule has 0 unspecified atom stereocenters. The summed E-state index contributed by atoms with van der Waals surface area (Å²) in [5.41, 5.74) is 2.35. The second-order valence-corrected chi connectivity index (χ2v) is 7.16. The number of carbonyl (C=O) groups is 1. The summed E-state index contributed by atoms with van der Waals surface area (Å²) in [6.07, 6.45) is 6.08. The molecule has 0 spiro atoms. The van der Waals surface area contributed by atoms with Gasteiger partial charge in [-0.3, -0.25) is 4.79 Å². The molecule has 0 aromatic carbocycles. The number of hydrogen-bond donors (Lipinski definition) is 1. The number of fused-ring (bicyclic) bond motifs is 1. The highest BCUT2D eigenvalue weighted by Crippen LogP contribution is 2.37. The van der Waals surface area contributed by atoms with Crippen LogP contribution in [-0.2, 0) is 19.9 Å². The van der Waals surface area contributed by atoms with E-state index in [-0.39, 0.29) is 5.91 Å². The zero-order chi connectivity index (χ0) is 15.0. The first-order chi connectivity index (χ1) is 10.1. The first kappa shape index (κ1) is 14.4. The molecule has 0 fully saturated rings. The number of thiophene rings is 1. The standard InChI is InChI=1S/C15H14BrN3OS/c1-19-8-9(16)6-12(19)14(20)18-15-11(7-17)10-4-2-3-5-13(10)21-15/h6,8H,2-5H2,1H3,(H,18,20). The van der Waals surface area contributed by atoms with Gasteiger partial charge in [0.2, 0.25) is 0 Å². The lowest BCUT2D eigenvalue weighted by Crippen LogP contribution is -2.15. The van der Waals surface area contributed by atoms with E-state index in [2.05, 4.69) is 27.3 Å². The van der Waals surface area contributed by atoms with Crippen molar-refractivity contribution >= 4 is 38.2 Å². The van der Waals surface area contributed by atoms with Gasteiger partial charge < -0.3 is 9.88 Å². The van der Waals surface area contributed by atoms with E-state index in [1.54, 1.807) is 22.0 Å². The van der Waals surface area contributed by atoms with Crippen molar-refractivity contribution in [1.82, 2.24) is 4.57 Å². The lowest BCUT2D eigenvalue weighted by molar-refractivity contribution is 0.101. The Balaban J connectivity index is 1.92. The molecule has 1 aliphatic carbocycles. The van der Waals surface area contributed by atoms with Gasteiger partial charge >= 0.3 is 0 Å². The Morgan fingerprint density at radius 1 is 1.48 bits per heavy atom. The fraction of sp³-hybridized carbons (Fsp3) is 0.333. The number of carbonyl (C=O) groups excluding carboxylic acids is 1. The molecule has 0 aliphatic heterocycles. The second kappa shape index (κ2) is 5.66. The summed E-state index contributed by atoms with van der Waals surface area (Å²) in [5.74, 6) is -0.182. The maximum absolute atomic E-state index is 12.4. The van der Waals surface area contributed by atoms with Crippen LogP contribution in [0.5, 0.6) is 0 Å². The second-order valence-electron chi connectivity index (χ2n) is 5.14. The number of amides is 1. The molecule has 0 saturated heterocycles. The zero-order valence-electron chi connectivity index (χ0n) is 11.6. The number of rotatable bonds is 2. The molecule has 1 N–H and O–H groups in total. The highest BCUT2D eigenvalue weighted by molar-refractivity contribution is 9.10. The quantitative estimate of drug-likeness (QED) is 0.880. The summed E-state index contributed by atoms with van der Waals surface area (Å²) < 4.78 is 2.63. The van der Waals surface area contributed by atoms with Gasteiger partial charge in [-0.2, -0.15) is 5.26 Å². The molecule has 2 aromatic rings. The minimum Gasteiger partial charge on any atom is -0.345 e. The largest absolute Gasteiger partial charge is 0.345 e. The van der Waals surface area contributed by atoms with E-state index in [4.69, 9.17) is 0 Å². The Kier molecular flexibility index (Phi) is 3.87. The predicted octanol–water partition coefficient (Wildman–Crippen LogP) is 3.85. The average Bonchev–Trinajstić information content (AvgIpc) is 2.97. The van der Waals surface area contributed by atoms with Crippen LogP contribution in [0.2, 0.25) is 0 Å². The molecular formula is C15H14BrN3OS. The summed E-state index contributed by atoms with van der Waals surface area (Å²) in [6.45, 7) is 0. The van der Waals surface area contributed by atoms with Crippen molar-refractivity contribution in [1.29, 1.82) is 5.26 Å². The Hall–Kier alpha value is -1.58. The fourth-order valence-corrected chi connectivity index (χ4v) is 4.45. The molecule has 0 radical (unpaired) electrons. The van der Waals surface area contributed by atoms with Crippen molar-refractivity contribution in [3.05, 3.63) is 38.4 Å². The molecule has 1 amide bonds. The topological polar surface area (TPSA) is 57.8 Å². The number of nitriles is 1. The van der Waals surface area contributed by atoms with Gasteiger partial charge in [-0.15, -0.1) is 11.3 Å². The Morgan fingerprint density at radius 3 is 2.90 bits per heavy atom. The van der Waals surface area contributed by atoms with Gasteiger partial charge in [0.25, 0.3) is 5.91 Å². The van der Waals surface area contributed by atoms with Gasteiger partial charge in [0.15, 0.2) is 0 Å². The summed E-state index contributed by atoms with van der Waals surface area (Å²) in [5, 5.41) is 13.0. The number of nitrogens with one attached hydrogen (secondary N) is 1. The lowest BCUT2D eigenvalue weighted by Gasteiger charge is -2.09. The SMILES string of the molecule is Cn1cc(Br)cc1C(=O)Nc1sc2c(c1C#N)CCCC2. The van der Waals surface area contributed by atoms with Crippen LogP contribution in [-0.4, -0.2) is 10.5 Å². The van der Waals surface area contributed by atoms with Gasteiger partial charge in [-0.1, -0.05) is 0 Å². The number of anilines is 1. The van der Waals surface area contributed by atoms with Crippen LogP contribution in [0.1, 0.15) is 39.3 Å². The van der Waals surface area contributed by atoms with E-state index < -0.39 is 0 Å². The Bertz CT molecular complexity index is 754. The van der Waals surface area contributed by atoms with Crippen LogP contribution >= 0.6 is 27.3 Å². The average molecular weight is 364 g/mol. The zero-order valence-corrected chi connectivity index (χ0v) is 14.0. The first-order valence-electron chi connectivity index (χ1n) is 6.78. The first-order valence-corrected chi connectivity index (χ1v) is 8.39. The number of hydrogen-bond acceptors (Lipinski definition) is 3. The number of aryl methyl sites for hydroxylation is 2. The summed E-state index contributed by atoms with van der Waals surface area (Å²) in [6, 6.07) is 4.03. The molecule has 0 atom stereocenters. The van der Waals surface area contributed by atoms with Crippen molar-refractivity contribution < 1.29 is 4.79 Å². The summed E-state index contributed by atoms with van der Waals surface area (Å²) in [7, 11) is 1.82. The van der Waals surface area contributed by atoms with Gasteiger partial charge in [0.1, 0.15) is 16.8 Å². The van der Waals surface area contributed by atoms with E-state index >= 15 is 0 Å². The molecule has 1 aliphatic rings. The van der Waals surface area contributed by atoms with Crippen molar-refractivity contribution in [2.75, 3.05) is 5.32 Å². The molecule has 6 heteroatoms. The van der Waals surface area contributed by atoms with Crippen molar-refractivity contribution in [2.24, 2.45) is 7.05 Å². The normalized spacial score (nSPS) is 13.6. The maximum Gasteiger partial charge on any atom is 0.272 e. The van der Waals surface area contributed by atoms with Crippen LogP contribution in [0, 0.1) is 11.3 Å². The molecule has 2 heterocycles. The van der Waals surface area contributed by atoms with Gasteiger partial charge in [-0.05, 0) is 53.2 Å². The molecule has 21 heavy (non-hydrogen) atoms. The lowest BCUT2D eigenvalue weighted by atomic mass is 9.96. The molecular weight excluding hydrogens is 350 g/mol. The monoisotopic (exact) mass is 363 g/mol. The van der Waals surface area contributed by atoms with Crippen LogP contribution in [0.4, 0.5) is 5.00 Å². The number of nitrogens with zero attached hydrogens (tertiary/aromatic N) is 2. The van der Waals surface area contributed by atoms with E-state index in [0.717, 1.165) is 35.7 Å². The van der Waals surface area contributed by atoms with Crippen molar-refractivity contribution in [3.63, 3.8) is 0 Å². The van der Waals surface area contributed by atoms with E-state index in [9.17, 15) is 10.1 Å². The van der Waals surface area contributed by atoms with Crippen LogP contribution in [0.25, 0.3) is 0 Å². The van der Waals surface area contributed by atoms with Crippen LogP contribution in [0.3, 0.4) is 0 Å². The van der Waals surface area contributed by atoms with Crippen LogP contribution in [0.15, 0.2) is 16.7 Å². The predicted molar refractivity (Wildman–Crippen MR) is 86.7 cm³/mol. The van der Waals surface area contributed by atoms with E-state index in [1.165, 1.54) is 4.88 Å². The third-order valence-corrected chi connectivity index (χ3v) is 5.36. The Labute approximate surface area is 135 Å². The minimum absolute atomic E-state index is 0.182. The third-order valence-electron chi connectivity index (χ3n) is 3.71. The minimum atomic E-state index is -0.182. The summed E-state index contributed by atoms with van der Waals surface area (Å²) >= 11 is 4.91. The van der Waals surface area contributed by atoms with Crippen molar-refractivity contribution in [2.45, 2.75) is 25.7 Å². The third kappa shape index (κ3) is 2.63. The molecule has 2 aromatic heterocycles. The molecule has 0 bridgehead atoms.